The van der Waals surface area contributed by atoms with Gasteiger partial charge in [0.05, 0.1) is 10.5 Å². The van der Waals surface area contributed by atoms with Crippen molar-refractivity contribution in [3.8, 4) is 0 Å². The maximum absolute atomic E-state index is 13.3. The molecule has 0 aliphatic heterocycles. The summed E-state index contributed by atoms with van der Waals surface area (Å²) in [5, 5.41) is 1.45. The Kier molecular flexibility index (Phi) is 2.21. The molecule has 0 spiro atoms. The first kappa shape index (κ1) is 10.2. The number of H-pyrrole nitrogens is 1. The topological polar surface area (TPSA) is 15.8 Å². The van der Waals surface area contributed by atoms with Crippen LogP contribution in [0.3, 0.4) is 0 Å². The minimum absolute atomic E-state index is 0.252. The molecule has 0 fully saturated rings. The molecule has 1 aromatic heterocycles. The summed E-state index contributed by atoms with van der Waals surface area (Å²) in [4.78, 5) is 3.33. The van der Waals surface area contributed by atoms with E-state index in [9.17, 15) is 4.39 Å². The van der Waals surface area contributed by atoms with E-state index in [1.165, 1.54) is 23.7 Å². The van der Waals surface area contributed by atoms with Crippen LogP contribution in [0.15, 0.2) is 12.1 Å². The molecule has 0 saturated heterocycles. The molecule has 0 saturated carbocycles. The average Bonchev–Trinajstić information content (AvgIpc) is 2.57. The summed E-state index contributed by atoms with van der Waals surface area (Å²) in [5.74, 6) is 0.422. The van der Waals surface area contributed by atoms with Gasteiger partial charge in [-0.2, -0.15) is 0 Å². The first-order valence-electron chi connectivity index (χ1n) is 5.63. The molecule has 1 aliphatic rings. The highest BCUT2D eigenvalue weighted by Gasteiger charge is 2.21. The Morgan fingerprint density at radius 1 is 1.44 bits per heavy atom. The van der Waals surface area contributed by atoms with Crippen molar-refractivity contribution in [1.82, 2.24) is 4.98 Å². The summed E-state index contributed by atoms with van der Waals surface area (Å²) in [6, 6.07) is 2.96. The van der Waals surface area contributed by atoms with Crippen LogP contribution < -0.4 is 0 Å². The fourth-order valence-electron chi connectivity index (χ4n) is 2.62. The fraction of sp³-hybridized carbons (Fsp3) is 0.385. The molecule has 3 heteroatoms. The maximum Gasteiger partial charge on any atom is 0.125 e. The predicted molar refractivity (Wildman–Crippen MR) is 64.5 cm³/mol. The summed E-state index contributed by atoms with van der Waals surface area (Å²) in [6.07, 6.45) is 3.26. The summed E-state index contributed by atoms with van der Waals surface area (Å²) < 4.78 is 13.3. The summed E-state index contributed by atoms with van der Waals surface area (Å²) >= 11 is 6.05. The molecule has 0 amide bonds. The van der Waals surface area contributed by atoms with Crippen LogP contribution in [0.1, 0.15) is 24.6 Å². The van der Waals surface area contributed by atoms with Crippen molar-refractivity contribution in [2.75, 3.05) is 0 Å². The third-order valence-corrected chi connectivity index (χ3v) is 3.76. The van der Waals surface area contributed by atoms with Crippen molar-refractivity contribution in [3.63, 3.8) is 0 Å². The van der Waals surface area contributed by atoms with Gasteiger partial charge in [0, 0.05) is 11.1 Å². The molecule has 2 aromatic rings. The molecule has 1 N–H and O–H groups in total. The predicted octanol–water partition coefficient (Wildman–Crippen LogP) is 4.09. The van der Waals surface area contributed by atoms with E-state index >= 15 is 0 Å². The number of benzene rings is 1. The molecule has 3 rings (SSSR count). The number of rotatable bonds is 0. The number of aromatic amines is 1. The van der Waals surface area contributed by atoms with E-state index in [0.29, 0.717) is 10.9 Å². The number of aromatic nitrogens is 1. The van der Waals surface area contributed by atoms with Crippen molar-refractivity contribution in [1.29, 1.82) is 0 Å². The molecule has 1 heterocycles. The zero-order chi connectivity index (χ0) is 11.3. The van der Waals surface area contributed by atoms with Crippen LogP contribution in [0, 0.1) is 11.7 Å². The molecule has 1 unspecified atom stereocenters. The fourth-order valence-corrected chi connectivity index (χ4v) is 2.87. The van der Waals surface area contributed by atoms with E-state index in [-0.39, 0.29) is 5.82 Å². The standard InChI is InChI=1S/C13H13ClFN/c1-7-2-3-12-9(4-7)10-5-8(15)6-11(14)13(10)16-12/h5-7,16H,2-4H2,1H3. The van der Waals surface area contributed by atoms with E-state index in [0.717, 1.165) is 23.7 Å². The van der Waals surface area contributed by atoms with Gasteiger partial charge in [-0.15, -0.1) is 0 Å². The lowest BCUT2D eigenvalue weighted by atomic mass is 9.88. The third kappa shape index (κ3) is 1.44. The number of fused-ring (bicyclic) bond motifs is 3. The van der Waals surface area contributed by atoms with Gasteiger partial charge in [0.2, 0.25) is 0 Å². The van der Waals surface area contributed by atoms with Crippen LogP contribution in [0.2, 0.25) is 5.02 Å². The Labute approximate surface area is 98.6 Å². The zero-order valence-electron chi connectivity index (χ0n) is 9.11. The van der Waals surface area contributed by atoms with E-state index in [1.807, 2.05) is 0 Å². The lowest BCUT2D eigenvalue weighted by molar-refractivity contribution is 0.499. The van der Waals surface area contributed by atoms with Crippen molar-refractivity contribution >= 4 is 22.5 Å². The van der Waals surface area contributed by atoms with E-state index in [4.69, 9.17) is 11.6 Å². The van der Waals surface area contributed by atoms with Crippen LogP contribution in [0.5, 0.6) is 0 Å². The van der Waals surface area contributed by atoms with Crippen LogP contribution in [0.4, 0.5) is 4.39 Å². The molecule has 1 nitrogen and oxygen atoms in total. The maximum atomic E-state index is 13.3. The second kappa shape index (κ2) is 3.49. The normalized spacial score (nSPS) is 20.1. The van der Waals surface area contributed by atoms with Crippen molar-refractivity contribution < 1.29 is 4.39 Å². The molecule has 0 radical (unpaired) electrons. The highest BCUT2D eigenvalue weighted by molar-refractivity contribution is 6.35. The van der Waals surface area contributed by atoms with Gasteiger partial charge in [-0.1, -0.05) is 18.5 Å². The lowest BCUT2D eigenvalue weighted by Crippen LogP contribution is -2.09. The largest absolute Gasteiger partial charge is 0.357 e. The van der Waals surface area contributed by atoms with Crippen molar-refractivity contribution in [3.05, 3.63) is 34.2 Å². The van der Waals surface area contributed by atoms with E-state index in [1.54, 1.807) is 6.07 Å². The van der Waals surface area contributed by atoms with Crippen LogP contribution in [-0.2, 0) is 12.8 Å². The smallest absolute Gasteiger partial charge is 0.125 e. The second-order valence-electron chi connectivity index (χ2n) is 4.74. The molecule has 1 atom stereocenters. The third-order valence-electron chi connectivity index (χ3n) is 3.46. The van der Waals surface area contributed by atoms with Gasteiger partial charge >= 0.3 is 0 Å². The highest BCUT2D eigenvalue weighted by Crippen LogP contribution is 2.34. The molecule has 1 aromatic carbocycles. The van der Waals surface area contributed by atoms with Crippen LogP contribution in [-0.4, -0.2) is 4.98 Å². The molecular weight excluding hydrogens is 225 g/mol. The summed E-state index contributed by atoms with van der Waals surface area (Å²) in [6.45, 7) is 2.24. The Morgan fingerprint density at radius 3 is 3.06 bits per heavy atom. The van der Waals surface area contributed by atoms with E-state index < -0.39 is 0 Å². The van der Waals surface area contributed by atoms with Crippen molar-refractivity contribution in [2.24, 2.45) is 5.92 Å². The lowest BCUT2D eigenvalue weighted by Gasteiger charge is -2.17. The Balaban J connectivity index is 2.30. The second-order valence-corrected chi connectivity index (χ2v) is 5.15. The van der Waals surface area contributed by atoms with Gasteiger partial charge in [-0.25, -0.2) is 4.39 Å². The molecular formula is C13H13ClFN. The first-order chi connectivity index (χ1) is 7.65. The molecule has 16 heavy (non-hydrogen) atoms. The van der Waals surface area contributed by atoms with Gasteiger partial charge in [0.25, 0.3) is 0 Å². The Morgan fingerprint density at radius 2 is 2.25 bits per heavy atom. The molecule has 84 valence electrons. The number of aryl methyl sites for hydroxylation is 1. The van der Waals surface area contributed by atoms with Crippen LogP contribution >= 0.6 is 11.6 Å². The van der Waals surface area contributed by atoms with Gasteiger partial charge in [-0.3, -0.25) is 0 Å². The monoisotopic (exact) mass is 237 g/mol. The average molecular weight is 238 g/mol. The number of hydrogen-bond donors (Lipinski definition) is 1. The number of nitrogens with one attached hydrogen (secondary N) is 1. The minimum Gasteiger partial charge on any atom is -0.357 e. The van der Waals surface area contributed by atoms with E-state index in [2.05, 4.69) is 11.9 Å². The zero-order valence-corrected chi connectivity index (χ0v) is 9.87. The quantitative estimate of drug-likeness (QED) is 0.711. The van der Waals surface area contributed by atoms with Gasteiger partial charge in [-0.05, 0) is 42.9 Å². The minimum atomic E-state index is -0.252. The van der Waals surface area contributed by atoms with Gasteiger partial charge < -0.3 is 4.98 Å². The van der Waals surface area contributed by atoms with Gasteiger partial charge in [0.15, 0.2) is 0 Å². The van der Waals surface area contributed by atoms with Crippen LogP contribution in [0.25, 0.3) is 10.9 Å². The number of halogens is 2. The Bertz CT molecular complexity index is 559. The molecule has 1 aliphatic carbocycles. The Hall–Kier alpha value is -1.02. The summed E-state index contributed by atoms with van der Waals surface area (Å²) in [7, 11) is 0. The highest BCUT2D eigenvalue weighted by atomic mass is 35.5. The van der Waals surface area contributed by atoms with Crippen molar-refractivity contribution in [2.45, 2.75) is 26.2 Å². The first-order valence-corrected chi connectivity index (χ1v) is 6.01. The number of hydrogen-bond acceptors (Lipinski definition) is 0. The summed E-state index contributed by atoms with van der Waals surface area (Å²) in [5.41, 5.74) is 3.39. The van der Waals surface area contributed by atoms with Gasteiger partial charge in [0.1, 0.15) is 5.82 Å². The molecule has 0 bridgehead atoms. The SMILES string of the molecule is CC1CCc2[nH]c3c(Cl)cc(F)cc3c2C1.